The Balaban J connectivity index is 2.37. The lowest BCUT2D eigenvalue weighted by atomic mass is 9.72. The van der Waals surface area contributed by atoms with Crippen molar-refractivity contribution in [1.82, 2.24) is 5.32 Å². The number of nitrogens with one attached hydrogen (secondary N) is 1. The quantitative estimate of drug-likeness (QED) is 0.424. The van der Waals surface area contributed by atoms with Gasteiger partial charge in [0.05, 0.1) is 6.42 Å². The van der Waals surface area contributed by atoms with Gasteiger partial charge in [-0.3, -0.25) is 4.79 Å². The minimum atomic E-state index is -0.868. The fraction of sp³-hybridized carbons (Fsp3) is 0.667. The summed E-state index contributed by atoms with van der Waals surface area (Å²) in [5, 5.41) is 11.6. The van der Waals surface area contributed by atoms with E-state index >= 15 is 0 Å². The van der Waals surface area contributed by atoms with E-state index in [1.165, 1.54) is 6.92 Å². The van der Waals surface area contributed by atoms with Crippen molar-refractivity contribution in [3.8, 4) is 0 Å². The minimum Gasteiger partial charge on any atom is -0.481 e. The highest BCUT2D eigenvalue weighted by Gasteiger charge is 2.34. The summed E-state index contributed by atoms with van der Waals surface area (Å²) < 4.78 is 9.36. The largest absolute Gasteiger partial charge is 0.481 e. The van der Waals surface area contributed by atoms with Gasteiger partial charge in [-0.25, -0.2) is 9.59 Å². The highest BCUT2D eigenvalue weighted by Crippen LogP contribution is 2.38. The van der Waals surface area contributed by atoms with Gasteiger partial charge in [0, 0.05) is 12.1 Å². The highest BCUT2D eigenvalue weighted by atomic mass is 16.7. The van der Waals surface area contributed by atoms with Crippen molar-refractivity contribution < 1.29 is 29.0 Å². The number of hydrogen-bond donors (Lipinski definition) is 2. The van der Waals surface area contributed by atoms with Crippen LogP contribution in [0.5, 0.6) is 0 Å². The lowest BCUT2D eigenvalue weighted by Crippen LogP contribution is -2.40. The van der Waals surface area contributed by atoms with Gasteiger partial charge < -0.3 is 19.9 Å². The molecule has 124 valence electrons. The van der Waals surface area contributed by atoms with E-state index in [0.29, 0.717) is 0 Å². The molecule has 0 bridgehead atoms. The summed E-state index contributed by atoms with van der Waals surface area (Å²) in [6.07, 6.45) is 3.83. The van der Waals surface area contributed by atoms with E-state index < -0.39 is 30.2 Å². The molecule has 2 N–H and O–H groups in total. The lowest BCUT2D eigenvalue weighted by Gasteiger charge is -2.36. The fourth-order valence-corrected chi connectivity index (χ4v) is 2.61. The first kappa shape index (κ1) is 18.0. The molecule has 1 rings (SSSR count). The van der Waals surface area contributed by atoms with Crippen LogP contribution in [0.15, 0.2) is 12.2 Å². The van der Waals surface area contributed by atoms with Crippen molar-refractivity contribution in [3.05, 3.63) is 12.2 Å². The molecule has 0 spiro atoms. The third-order valence-corrected chi connectivity index (χ3v) is 3.78. The van der Waals surface area contributed by atoms with E-state index in [-0.39, 0.29) is 18.5 Å². The molecule has 0 saturated heterocycles. The second-order valence-corrected chi connectivity index (χ2v) is 5.75. The van der Waals surface area contributed by atoms with Crippen LogP contribution in [0.25, 0.3) is 0 Å². The molecule has 22 heavy (non-hydrogen) atoms. The Kier molecular flexibility index (Phi) is 6.88. The Labute approximate surface area is 129 Å². The zero-order valence-electron chi connectivity index (χ0n) is 12.9. The van der Waals surface area contributed by atoms with Gasteiger partial charge in [-0.15, -0.1) is 0 Å². The summed E-state index contributed by atoms with van der Waals surface area (Å²) in [6, 6.07) is 0. The molecule has 7 heteroatoms. The number of ether oxygens (including phenoxy) is 2. The van der Waals surface area contributed by atoms with E-state index in [0.717, 1.165) is 32.1 Å². The average Bonchev–Trinajstić information content (AvgIpc) is 2.45. The molecule has 0 aromatic rings. The van der Waals surface area contributed by atoms with Crippen molar-refractivity contribution in [2.45, 2.75) is 45.4 Å². The van der Waals surface area contributed by atoms with E-state index in [1.54, 1.807) is 0 Å². The van der Waals surface area contributed by atoms with Crippen LogP contribution in [0.1, 0.15) is 45.4 Å². The lowest BCUT2D eigenvalue weighted by molar-refractivity contribution is -0.147. The molecule has 0 heterocycles. The van der Waals surface area contributed by atoms with Gasteiger partial charge in [0.1, 0.15) is 0 Å². The summed E-state index contributed by atoms with van der Waals surface area (Å²) in [5.41, 5.74) is -0.205. The number of amides is 1. The molecule has 0 unspecified atom stereocenters. The molecule has 0 radical (unpaired) electrons. The number of carboxylic acid groups (broad SMARTS) is 1. The molecule has 1 aliphatic carbocycles. The summed E-state index contributed by atoms with van der Waals surface area (Å²) >= 11 is 0. The molecule has 0 atom stereocenters. The molecule has 0 aromatic carbocycles. The smallest absolute Gasteiger partial charge is 0.410 e. The van der Waals surface area contributed by atoms with Crippen molar-refractivity contribution in [1.29, 1.82) is 0 Å². The molecule has 1 fully saturated rings. The van der Waals surface area contributed by atoms with Crippen molar-refractivity contribution in [2.75, 3.05) is 13.3 Å². The standard InChI is InChI=1S/C15H23NO6/c1-11(2)13(19)21-10-22-14(20)16-9-15(8-12(17)18)6-4-3-5-7-15/h1,3-10H2,2H3,(H,16,20)(H,17,18). The molecule has 0 aromatic heterocycles. The van der Waals surface area contributed by atoms with Gasteiger partial charge in [-0.1, -0.05) is 25.8 Å². The van der Waals surface area contributed by atoms with Crippen molar-refractivity contribution in [3.63, 3.8) is 0 Å². The van der Waals surface area contributed by atoms with E-state index in [9.17, 15) is 14.4 Å². The Hall–Kier alpha value is -2.05. The van der Waals surface area contributed by atoms with Crippen molar-refractivity contribution in [2.24, 2.45) is 5.41 Å². The Morgan fingerprint density at radius 3 is 2.36 bits per heavy atom. The Morgan fingerprint density at radius 2 is 1.82 bits per heavy atom. The van der Waals surface area contributed by atoms with Gasteiger partial charge in [0.15, 0.2) is 0 Å². The number of esters is 1. The number of carbonyl (C=O) groups excluding carboxylic acids is 2. The third kappa shape index (κ3) is 6.15. The maximum Gasteiger partial charge on any atom is 0.410 e. The van der Waals surface area contributed by atoms with Gasteiger partial charge in [0.2, 0.25) is 6.79 Å². The van der Waals surface area contributed by atoms with Crippen LogP contribution in [0.4, 0.5) is 4.79 Å². The predicted octanol–water partition coefficient (Wildman–Crippen LogP) is 2.21. The Morgan fingerprint density at radius 1 is 1.18 bits per heavy atom. The van der Waals surface area contributed by atoms with Crippen LogP contribution in [-0.4, -0.2) is 36.5 Å². The Bertz CT molecular complexity index is 439. The number of carbonyl (C=O) groups is 3. The van der Waals surface area contributed by atoms with Gasteiger partial charge in [-0.2, -0.15) is 0 Å². The first-order chi connectivity index (χ1) is 10.3. The van der Waals surface area contributed by atoms with Crippen LogP contribution in [0.3, 0.4) is 0 Å². The number of carboxylic acids is 1. The second kappa shape index (κ2) is 8.41. The number of hydrogen-bond acceptors (Lipinski definition) is 5. The molecular formula is C15H23NO6. The summed E-state index contributed by atoms with van der Waals surface area (Å²) in [6.45, 7) is 4.63. The minimum absolute atomic E-state index is 0.0257. The first-order valence-electron chi connectivity index (χ1n) is 7.30. The topological polar surface area (TPSA) is 102 Å². The van der Waals surface area contributed by atoms with Crippen LogP contribution >= 0.6 is 0 Å². The SMILES string of the molecule is C=C(C)C(=O)OCOC(=O)NCC1(CC(=O)O)CCCCC1. The zero-order valence-corrected chi connectivity index (χ0v) is 12.9. The monoisotopic (exact) mass is 313 g/mol. The van der Waals surface area contributed by atoms with Crippen LogP contribution in [0.2, 0.25) is 0 Å². The summed E-state index contributed by atoms with van der Waals surface area (Å²) in [5.74, 6) is -1.50. The van der Waals surface area contributed by atoms with Crippen molar-refractivity contribution >= 4 is 18.0 Å². The fourth-order valence-electron chi connectivity index (χ4n) is 2.61. The third-order valence-electron chi connectivity index (χ3n) is 3.78. The van der Waals surface area contributed by atoms with Gasteiger partial charge >= 0.3 is 18.0 Å². The highest BCUT2D eigenvalue weighted by molar-refractivity contribution is 5.86. The summed E-state index contributed by atoms with van der Waals surface area (Å²) in [4.78, 5) is 33.7. The maximum absolute atomic E-state index is 11.6. The normalized spacial score (nSPS) is 16.4. The van der Waals surface area contributed by atoms with E-state index in [1.807, 2.05) is 0 Å². The zero-order chi connectivity index (χ0) is 16.6. The molecule has 1 aliphatic rings. The van der Waals surface area contributed by atoms with Crippen LogP contribution in [-0.2, 0) is 19.1 Å². The summed E-state index contributed by atoms with van der Waals surface area (Å²) in [7, 11) is 0. The number of aliphatic carboxylic acids is 1. The average molecular weight is 313 g/mol. The number of rotatable bonds is 7. The van der Waals surface area contributed by atoms with Gasteiger partial charge in [0.25, 0.3) is 0 Å². The van der Waals surface area contributed by atoms with Crippen LogP contribution < -0.4 is 5.32 Å². The second-order valence-electron chi connectivity index (χ2n) is 5.75. The molecule has 7 nitrogen and oxygen atoms in total. The maximum atomic E-state index is 11.6. The molecular weight excluding hydrogens is 290 g/mol. The number of alkyl carbamates (subject to hydrolysis) is 1. The first-order valence-corrected chi connectivity index (χ1v) is 7.30. The molecule has 0 aliphatic heterocycles. The molecule has 1 saturated carbocycles. The van der Waals surface area contributed by atoms with E-state index in [4.69, 9.17) is 9.84 Å². The molecule has 1 amide bonds. The van der Waals surface area contributed by atoms with Crippen LogP contribution in [0, 0.1) is 5.41 Å². The van der Waals surface area contributed by atoms with E-state index in [2.05, 4.69) is 16.6 Å². The van der Waals surface area contributed by atoms with Gasteiger partial charge in [-0.05, 0) is 25.2 Å². The predicted molar refractivity (Wildman–Crippen MR) is 78.0 cm³/mol.